The molecule has 6 heteroatoms. The Labute approximate surface area is 80.9 Å². The van der Waals surface area contributed by atoms with E-state index in [1.807, 2.05) is 0 Å². The minimum atomic E-state index is -0.740. The number of carboxylic acid groups (broad SMARTS) is 1. The molecule has 14 heavy (non-hydrogen) atoms. The van der Waals surface area contributed by atoms with Gasteiger partial charge in [0.15, 0.2) is 5.82 Å². The van der Waals surface area contributed by atoms with Crippen LogP contribution in [0, 0.1) is 5.41 Å². The Kier molecular flexibility index (Phi) is 1.98. The van der Waals surface area contributed by atoms with Gasteiger partial charge in [-0.05, 0) is 18.1 Å². The van der Waals surface area contributed by atoms with Crippen molar-refractivity contribution in [2.75, 3.05) is 0 Å². The topological polar surface area (TPSA) is 80.9 Å². The second-order valence-electron chi connectivity index (χ2n) is 3.81. The molecule has 1 saturated carbocycles. The van der Waals surface area contributed by atoms with Gasteiger partial charge in [-0.3, -0.25) is 4.79 Å². The Morgan fingerprint density at radius 3 is 2.71 bits per heavy atom. The van der Waals surface area contributed by atoms with Crippen LogP contribution >= 0.6 is 0 Å². The van der Waals surface area contributed by atoms with E-state index in [0.29, 0.717) is 12.2 Å². The predicted molar refractivity (Wildman–Crippen MR) is 46.4 cm³/mol. The lowest BCUT2D eigenvalue weighted by atomic mass is 9.66. The summed E-state index contributed by atoms with van der Waals surface area (Å²) in [7, 11) is 1.67. The summed E-state index contributed by atoms with van der Waals surface area (Å²) in [6.45, 7) is 0. The number of rotatable bonds is 3. The van der Waals surface area contributed by atoms with Gasteiger partial charge in [-0.1, -0.05) is 6.42 Å². The fraction of sp³-hybridized carbons (Fsp3) is 0.750. The van der Waals surface area contributed by atoms with E-state index in [2.05, 4.69) is 15.4 Å². The van der Waals surface area contributed by atoms with Crippen molar-refractivity contribution in [3.63, 3.8) is 0 Å². The summed E-state index contributed by atoms with van der Waals surface area (Å²) in [6, 6.07) is 0. The van der Waals surface area contributed by atoms with E-state index in [1.165, 1.54) is 4.80 Å². The first-order chi connectivity index (χ1) is 6.62. The van der Waals surface area contributed by atoms with E-state index in [0.717, 1.165) is 19.3 Å². The van der Waals surface area contributed by atoms with E-state index >= 15 is 0 Å². The summed E-state index contributed by atoms with van der Waals surface area (Å²) >= 11 is 0. The van der Waals surface area contributed by atoms with E-state index in [9.17, 15) is 4.79 Å². The van der Waals surface area contributed by atoms with Crippen molar-refractivity contribution in [1.82, 2.24) is 20.2 Å². The van der Waals surface area contributed by atoms with Crippen molar-refractivity contribution in [1.29, 1.82) is 0 Å². The maximum absolute atomic E-state index is 11.0. The second-order valence-corrected chi connectivity index (χ2v) is 3.81. The average Bonchev–Trinajstić information content (AvgIpc) is 2.43. The van der Waals surface area contributed by atoms with E-state index in [-0.39, 0.29) is 0 Å². The summed E-state index contributed by atoms with van der Waals surface area (Å²) in [5, 5.41) is 20.5. The van der Waals surface area contributed by atoms with Crippen molar-refractivity contribution < 1.29 is 9.90 Å². The van der Waals surface area contributed by atoms with Gasteiger partial charge in [-0.2, -0.15) is 4.80 Å². The van der Waals surface area contributed by atoms with Gasteiger partial charge in [0.1, 0.15) is 0 Å². The lowest BCUT2D eigenvalue weighted by Crippen LogP contribution is -2.40. The number of aromatic nitrogens is 4. The van der Waals surface area contributed by atoms with E-state index in [4.69, 9.17) is 5.11 Å². The van der Waals surface area contributed by atoms with Gasteiger partial charge < -0.3 is 5.11 Å². The number of aliphatic carboxylic acids is 1. The van der Waals surface area contributed by atoms with Gasteiger partial charge in [-0.15, -0.1) is 10.2 Å². The molecule has 0 aliphatic heterocycles. The SMILES string of the molecule is Cn1nnc(CC2(C(=O)O)CCC2)n1. The Bertz CT molecular complexity index is 356. The first-order valence-corrected chi connectivity index (χ1v) is 4.59. The van der Waals surface area contributed by atoms with Gasteiger partial charge in [0.05, 0.1) is 12.5 Å². The first kappa shape index (κ1) is 9.11. The second kappa shape index (κ2) is 3.04. The van der Waals surface area contributed by atoms with Gasteiger partial charge >= 0.3 is 5.97 Å². The van der Waals surface area contributed by atoms with Gasteiger partial charge in [0, 0.05) is 6.42 Å². The third-order valence-electron chi connectivity index (χ3n) is 2.81. The Hall–Kier alpha value is -1.46. The Morgan fingerprint density at radius 1 is 1.64 bits per heavy atom. The zero-order valence-electron chi connectivity index (χ0n) is 7.97. The van der Waals surface area contributed by atoms with E-state index < -0.39 is 11.4 Å². The van der Waals surface area contributed by atoms with Crippen LogP contribution in [0.1, 0.15) is 25.1 Å². The van der Waals surface area contributed by atoms with Gasteiger partial charge in [0.25, 0.3) is 0 Å². The number of tetrazole rings is 1. The quantitative estimate of drug-likeness (QED) is 0.736. The molecule has 6 nitrogen and oxygen atoms in total. The Morgan fingerprint density at radius 2 is 2.36 bits per heavy atom. The minimum Gasteiger partial charge on any atom is -0.481 e. The number of carbonyl (C=O) groups is 1. The van der Waals surface area contributed by atoms with Crippen molar-refractivity contribution in [2.45, 2.75) is 25.7 Å². The molecular formula is C8H12N4O2. The van der Waals surface area contributed by atoms with Crippen molar-refractivity contribution in [3.05, 3.63) is 5.82 Å². The zero-order valence-corrected chi connectivity index (χ0v) is 7.97. The molecule has 0 unspecified atom stereocenters. The lowest BCUT2D eigenvalue weighted by molar-refractivity contribution is -0.154. The van der Waals surface area contributed by atoms with Crippen LogP contribution in [0.15, 0.2) is 0 Å². The zero-order chi connectivity index (χ0) is 10.2. The molecule has 1 heterocycles. The predicted octanol–water partition coefficient (Wildman–Crippen LogP) is 0.00750. The summed E-state index contributed by atoms with van der Waals surface area (Å²) in [6.07, 6.45) is 2.82. The molecule has 1 aliphatic carbocycles. The standard InChI is InChI=1S/C8H12N4O2/c1-12-10-6(9-11-12)5-8(7(13)14)3-2-4-8/h2-5H2,1H3,(H,13,14). The van der Waals surface area contributed by atoms with Crippen molar-refractivity contribution >= 4 is 5.97 Å². The molecule has 1 aliphatic rings. The molecule has 0 amide bonds. The third kappa shape index (κ3) is 1.36. The van der Waals surface area contributed by atoms with Crippen LogP contribution in [0.25, 0.3) is 0 Å². The van der Waals surface area contributed by atoms with Gasteiger partial charge in [0.2, 0.25) is 0 Å². The largest absolute Gasteiger partial charge is 0.481 e. The van der Waals surface area contributed by atoms with Gasteiger partial charge in [-0.25, -0.2) is 0 Å². The maximum Gasteiger partial charge on any atom is 0.310 e. The van der Waals surface area contributed by atoms with Crippen LogP contribution in [-0.2, 0) is 18.3 Å². The molecule has 1 aromatic heterocycles. The van der Waals surface area contributed by atoms with Crippen molar-refractivity contribution in [2.24, 2.45) is 12.5 Å². The summed E-state index contributed by atoms with van der Waals surface area (Å²) in [5.41, 5.74) is -0.622. The maximum atomic E-state index is 11.0. The van der Waals surface area contributed by atoms with Crippen molar-refractivity contribution in [3.8, 4) is 0 Å². The monoisotopic (exact) mass is 196 g/mol. The van der Waals surface area contributed by atoms with Crippen LogP contribution in [0.3, 0.4) is 0 Å². The minimum absolute atomic E-state index is 0.399. The van der Waals surface area contributed by atoms with Crippen LogP contribution in [0.4, 0.5) is 0 Å². The molecule has 76 valence electrons. The molecule has 0 atom stereocenters. The molecule has 1 N–H and O–H groups in total. The summed E-state index contributed by atoms with van der Waals surface area (Å²) in [4.78, 5) is 12.4. The van der Waals surface area contributed by atoms with Crippen LogP contribution in [-0.4, -0.2) is 31.3 Å². The summed E-state index contributed by atoms with van der Waals surface area (Å²) in [5.74, 6) is -0.217. The molecule has 0 aromatic carbocycles. The molecule has 0 spiro atoms. The molecule has 1 fully saturated rings. The number of hydrogen-bond donors (Lipinski definition) is 1. The molecule has 0 bridgehead atoms. The highest BCUT2D eigenvalue weighted by Gasteiger charge is 2.45. The normalized spacial score (nSPS) is 18.9. The molecule has 1 aromatic rings. The smallest absolute Gasteiger partial charge is 0.310 e. The first-order valence-electron chi connectivity index (χ1n) is 4.59. The van der Waals surface area contributed by atoms with Crippen LogP contribution in [0.2, 0.25) is 0 Å². The van der Waals surface area contributed by atoms with Crippen LogP contribution < -0.4 is 0 Å². The fourth-order valence-electron chi connectivity index (χ4n) is 1.77. The Balaban J connectivity index is 2.12. The number of hydrogen-bond acceptors (Lipinski definition) is 4. The number of nitrogens with zero attached hydrogens (tertiary/aromatic N) is 4. The van der Waals surface area contributed by atoms with Crippen LogP contribution in [0.5, 0.6) is 0 Å². The highest BCUT2D eigenvalue weighted by molar-refractivity contribution is 5.75. The molecule has 0 saturated heterocycles. The third-order valence-corrected chi connectivity index (χ3v) is 2.81. The number of carboxylic acids is 1. The van der Waals surface area contributed by atoms with E-state index in [1.54, 1.807) is 7.05 Å². The fourth-order valence-corrected chi connectivity index (χ4v) is 1.77. The molecular weight excluding hydrogens is 184 g/mol. The molecule has 2 rings (SSSR count). The lowest BCUT2D eigenvalue weighted by Gasteiger charge is -2.36. The highest BCUT2D eigenvalue weighted by Crippen LogP contribution is 2.43. The summed E-state index contributed by atoms with van der Waals surface area (Å²) < 4.78 is 0. The number of aryl methyl sites for hydroxylation is 1. The molecule has 0 radical (unpaired) electrons. The highest BCUT2D eigenvalue weighted by atomic mass is 16.4. The average molecular weight is 196 g/mol.